The Bertz CT molecular complexity index is 1170. The van der Waals surface area contributed by atoms with Crippen LogP contribution in [0.4, 0.5) is 5.69 Å². The molecule has 6 heteroatoms. The van der Waals surface area contributed by atoms with Gasteiger partial charge in [-0.3, -0.25) is 14.8 Å². The molecule has 0 saturated carbocycles. The van der Waals surface area contributed by atoms with E-state index in [1.165, 1.54) is 0 Å². The van der Waals surface area contributed by atoms with E-state index < -0.39 is 0 Å². The first-order chi connectivity index (χ1) is 14.7. The molecule has 5 nitrogen and oxygen atoms in total. The molecule has 30 heavy (non-hydrogen) atoms. The topological polar surface area (TPSA) is 66.9 Å². The van der Waals surface area contributed by atoms with E-state index in [-0.39, 0.29) is 5.91 Å². The van der Waals surface area contributed by atoms with Crippen LogP contribution in [0.1, 0.15) is 18.4 Å². The van der Waals surface area contributed by atoms with Crippen molar-refractivity contribution in [2.45, 2.75) is 19.3 Å². The highest BCUT2D eigenvalue weighted by Crippen LogP contribution is 2.24. The van der Waals surface area contributed by atoms with Crippen LogP contribution in [-0.2, 0) is 11.2 Å². The molecule has 0 saturated heterocycles. The predicted octanol–water partition coefficient (Wildman–Crippen LogP) is 4.99. The number of halogens is 1. The molecule has 2 aromatic carbocycles. The number of pyridine rings is 2. The molecular formula is C24H23ClN4O. The number of carbonyl (C=O) groups is 1. The van der Waals surface area contributed by atoms with Crippen LogP contribution >= 0.6 is 11.6 Å². The maximum Gasteiger partial charge on any atom is 0.220 e. The van der Waals surface area contributed by atoms with Gasteiger partial charge >= 0.3 is 0 Å². The number of amides is 1. The number of aromatic nitrogens is 2. The smallest absolute Gasteiger partial charge is 0.220 e. The van der Waals surface area contributed by atoms with Crippen molar-refractivity contribution >= 4 is 45.0 Å². The highest BCUT2D eigenvalue weighted by molar-refractivity contribution is 6.31. The maximum atomic E-state index is 12.2. The normalized spacial score (nSPS) is 11.0. The molecule has 0 aliphatic rings. The second-order valence-corrected chi connectivity index (χ2v) is 7.58. The SMILES string of the molecule is O=C(CCCNc1ccnc2cc(Cl)ccc12)NCCc1cccc2cccnc12. The van der Waals surface area contributed by atoms with Gasteiger partial charge in [0.05, 0.1) is 11.0 Å². The lowest BCUT2D eigenvalue weighted by Crippen LogP contribution is -2.26. The molecule has 2 aromatic heterocycles. The Morgan fingerprint density at radius 2 is 1.87 bits per heavy atom. The summed E-state index contributed by atoms with van der Waals surface area (Å²) in [6.45, 7) is 1.32. The van der Waals surface area contributed by atoms with Crippen molar-refractivity contribution in [2.75, 3.05) is 18.4 Å². The van der Waals surface area contributed by atoms with E-state index in [1.54, 1.807) is 12.4 Å². The fourth-order valence-electron chi connectivity index (χ4n) is 3.54. The summed E-state index contributed by atoms with van der Waals surface area (Å²) in [5, 5.41) is 9.22. The minimum Gasteiger partial charge on any atom is -0.384 e. The first-order valence-electron chi connectivity index (χ1n) is 10.1. The molecular weight excluding hydrogens is 396 g/mol. The zero-order chi connectivity index (χ0) is 20.8. The molecule has 2 N–H and O–H groups in total. The number of anilines is 1. The minimum absolute atomic E-state index is 0.0661. The third-order valence-corrected chi connectivity index (χ3v) is 5.27. The molecule has 4 rings (SSSR count). The van der Waals surface area contributed by atoms with Crippen molar-refractivity contribution in [3.05, 3.63) is 77.6 Å². The number of benzene rings is 2. The molecule has 0 aliphatic heterocycles. The molecule has 0 atom stereocenters. The van der Waals surface area contributed by atoms with Crippen molar-refractivity contribution in [3.63, 3.8) is 0 Å². The van der Waals surface area contributed by atoms with Gasteiger partial charge in [0.15, 0.2) is 0 Å². The van der Waals surface area contributed by atoms with E-state index in [0.29, 0.717) is 24.5 Å². The average Bonchev–Trinajstić information content (AvgIpc) is 2.76. The van der Waals surface area contributed by atoms with Crippen LogP contribution in [-0.4, -0.2) is 29.0 Å². The number of hydrogen-bond donors (Lipinski definition) is 2. The third-order valence-electron chi connectivity index (χ3n) is 5.03. The number of para-hydroxylation sites is 1. The van der Waals surface area contributed by atoms with E-state index in [1.807, 2.05) is 36.4 Å². The number of nitrogens with zero attached hydrogens (tertiary/aromatic N) is 2. The first kappa shape index (κ1) is 20.1. The molecule has 152 valence electrons. The van der Waals surface area contributed by atoms with E-state index in [2.05, 4.69) is 38.8 Å². The molecule has 1 amide bonds. The van der Waals surface area contributed by atoms with Crippen molar-refractivity contribution < 1.29 is 4.79 Å². The van der Waals surface area contributed by atoms with Gasteiger partial charge in [-0.1, -0.05) is 35.9 Å². The van der Waals surface area contributed by atoms with Crippen LogP contribution in [0.15, 0.2) is 67.0 Å². The van der Waals surface area contributed by atoms with Gasteiger partial charge in [0.2, 0.25) is 5.91 Å². The standard InChI is InChI=1S/C24H23ClN4O/c25-19-8-9-20-21(11-15-27-22(20)16-19)26-12-3-7-23(30)28-14-10-18-5-1-4-17-6-2-13-29-24(17)18/h1-2,4-6,8-9,11,13,15-16H,3,7,10,12,14H2,(H,26,27)(H,28,30). The summed E-state index contributed by atoms with van der Waals surface area (Å²) < 4.78 is 0. The minimum atomic E-state index is 0.0661. The largest absolute Gasteiger partial charge is 0.384 e. The summed E-state index contributed by atoms with van der Waals surface area (Å²) in [5.74, 6) is 0.0661. The molecule has 0 fully saturated rings. The van der Waals surface area contributed by atoms with E-state index >= 15 is 0 Å². The zero-order valence-electron chi connectivity index (χ0n) is 16.6. The van der Waals surface area contributed by atoms with Crippen LogP contribution in [0, 0.1) is 0 Å². The Balaban J connectivity index is 1.22. The van der Waals surface area contributed by atoms with Gasteiger partial charge in [-0.25, -0.2) is 0 Å². The van der Waals surface area contributed by atoms with Crippen molar-refractivity contribution in [2.24, 2.45) is 0 Å². The van der Waals surface area contributed by atoms with Gasteiger partial charge in [0, 0.05) is 53.4 Å². The van der Waals surface area contributed by atoms with Gasteiger partial charge in [0.25, 0.3) is 0 Å². The Labute approximate surface area is 180 Å². The molecule has 4 aromatic rings. The van der Waals surface area contributed by atoms with E-state index in [4.69, 9.17) is 11.6 Å². The summed E-state index contributed by atoms with van der Waals surface area (Å²) in [7, 11) is 0. The monoisotopic (exact) mass is 418 g/mol. The summed E-state index contributed by atoms with van der Waals surface area (Å²) in [5.41, 5.74) is 4.01. The highest BCUT2D eigenvalue weighted by Gasteiger charge is 2.05. The van der Waals surface area contributed by atoms with E-state index in [0.717, 1.165) is 45.9 Å². The van der Waals surface area contributed by atoms with Crippen LogP contribution in [0.5, 0.6) is 0 Å². The summed E-state index contributed by atoms with van der Waals surface area (Å²) in [6.07, 6.45) is 5.56. The lowest BCUT2D eigenvalue weighted by Gasteiger charge is -2.10. The molecule has 0 aliphatic carbocycles. The molecule has 2 heterocycles. The lowest BCUT2D eigenvalue weighted by atomic mass is 10.1. The summed E-state index contributed by atoms with van der Waals surface area (Å²) >= 11 is 6.03. The van der Waals surface area contributed by atoms with Crippen LogP contribution in [0.25, 0.3) is 21.8 Å². The van der Waals surface area contributed by atoms with Crippen LogP contribution in [0.2, 0.25) is 5.02 Å². The first-order valence-corrected chi connectivity index (χ1v) is 10.5. The predicted molar refractivity (Wildman–Crippen MR) is 123 cm³/mol. The van der Waals surface area contributed by atoms with Gasteiger partial charge in [0.1, 0.15) is 0 Å². The summed E-state index contributed by atoms with van der Waals surface area (Å²) in [6, 6.07) is 17.7. The zero-order valence-corrected chi connectivity index (χ0v) is 17.3. The fraction of sp³-hybridized carbons (Fsp3) is 0.208. The number of nitrogens with one attached hydrogen (secondary N) is 2. The van der Waals surface area contributed by atoms with Gasteiger partial charge in [-0.15, -0.1) is 0 Å². The van der Waals surface area contributed by atoms with Crippen molar-refractivity contribution in [3.8, 4) is 0 Å². The molecule has 0 unspecified atom stereocenters. The van der Waals surface area contributed by atoms with Gasteiger partial charge in [-0.2, -0.15) is 0 Å². The fourth-order valence-corrected chi connectivity index (χ4v) is 3.71. The Hall–Kier alpha value is -3.18. The lowest BCUT2D eigenvalue weighted by molar-refractivity contribution is -0.121. The van der Waals surface area contributed by atoms with Gasteiger partial charge < -0.3 is 10.6 Å². The highest BCUT2D eigenvalue weighted by atomic mass is 35.5. The van der Waals surface area contributed by atoms with Crippen molar-refractivity contribution in [1.29, 1.82) is 0 Å². The van der Waals surface area contributed by atoms with Crippen LogP contribution in [0.3, 0.4) is 0 Å². The molecule has 0 bridgehead atoms. The maximum absolute atomic E-state index is 12.2. The van der Waals surface area contributed by atoms with Crippen LogP contribution < -0.4 is 10.6 Å². The Morgan fingerprint density at radius 1 is 0.967 bits per heavy atom. The quantitative estimate of drug-likeness (QED) is 0.396. The third kappa shape index (κ3) is 4.86. The van der Waals surface area contributed by atoms with Crippen molar-refractivity contribution in [1.82, 2.24) is 15.3 Å². The number of rotatable bonds is 8. The Kier molecular flexibility index (Phi) is 6.40. The second-order valence-electron chi connectivity index (χ2n) is 7.14. The number of hydrogen-bond acceptors (Lipinski definition) is 4. The number of fused-ring (bicyclic) bond motifs is 2. The van der Waals surface area contributed by atoms with E-state index in [9.17, 15) is 4.79 Å². The average molecular weight is 419 g/mol. The second kappa shape index (κ2) is 9.55. The number of carbonyl (C=O) groups excluding carboxylic acids is 1. The Morgan fingerprint density at radius 3 is 2.80 bits per heavy atom. The molecule has 0 radical (unpaired) electrons. The summed E-state index contributed by atoms with van der Waals surface area (Å²) in [4.78, 5) is 21.0. The van der Waals surface area contributed by atoms with Gasteiger partial charge in [-0.05, 0) is 48.7 Å². The molecule has 0 spiro atoms.